The number of hydroxylamine groups is 1. The number of rotatable bonds is 5. The largest absolute Gasteiger partial charge is 0.478 e. The van der Waals surface area contributed by atoms with Crippen LogP contribution in [0.3, 0.4) is 0 Å². The van der Waals surface area contributed by atoms with Crippen molar-refractivity contribution >= 4 is 34.8 Å². The molecule has 2 aliphatic rings. The number of nitro groups is 1. The fraction of sp³-hybridized carbons (Fsp3) is 0.125. The Bertz CT molecular complexity index is 1310. The maximum atomic E-state index is 13.6. The van der Waals surface area contributed by atoms with Crippen LogP contribution in [0.25, 0.3) is 0 Å². The van der Waals surface area contributed by atoms with E-state index in [9.17, 15) is 29.6 Å². The summed E-state index contributed by atoms with van der Waals surface area (Å²) in [6.07, 6.45) is -1.19. The zero-order valence-corrected chi connectivity index (χ0v) is 17.5. The molecule has 3 unspecified atom stereocenters. The number of benzene rings is 3. The molecule has 10 nitrogen and oxygen atoms in total. The molecule has 0 radical (unpaired) electrons. The quantitative estimate of drug-likeness (QED) is 0.349. The van der Waals surface area contributed by atoms with E-state index in [0.717, 1.165) is 4.90 Å². The second kappa shape index (κ2) is 8.09. The van der Waals surface area contributed by atoms with Gasteiger partial charge in [0.2, 0.25) is 5.91 Å². The molecule has 10 heteroatoms. The molecule has 0 aromatic heterocycles. The van der Waals surface area contributed by atoms with Crippen LogP contribution in [0, 0.1) is 16.0 Å². The van der Waals surface area contributed by atoms with E-state index in [2.05, 4.69) is 0 Å². The highest BCUT2D eigenvalue weighted by Gasteiger charge is 2.60. The van der Waals surface area contributed by atoms with E-state index in [4.69, 9.17) is 4.84 Å². The first-order chi connectivity index (χ1) is 16.4. The van der Waals surface area contributed by atoms with Crippen molar-refractivity contribution in [3.63, 3.8) is 0 Å². The normalized spacial score (nSPS) is 21.6. The van der Waals surface area contributed by atoms with E-state index in [1.54, 1.807) is 48.5 Å². The van der Waals surface area contributed by atoms with Crippen molar-refractivity contribution in [1.29, 1.82) is 0 Å². The number of imide groups is 1. The number of carboxylic acid groups (broad SMARTS) is 1. The number of aromatic carboxylic acids is 1. The Balaban J connectivity index is 1.60. The average molecular weight is 459 g/mol. The predicted molar refractivity (Wildman–Crippen MR) is 119 cm³/mol. The van der Waals surface area contributed by atoms with Crippen molar-refractivity contribution in [1.82, 2.24) is 0 Å². The van der Waals surface area contributed by atoms with Crippen LogP contribution in [0.4, 0.5) is 17.1 Å². The summed E-state index contributed by atoms with van der Waals surface area (Å²) in [7, 11) is 0. The fourth-order valence-electron chi connectivity index (χ4n) is 4.46. The van der Waals surface area contributed by atoms with Crippen molar-refractivity contribution in [2.75, 3.05) is 9.96 Å². The zero-order valence-electron chi connectivity index (χ0n) is 17.5. The van der Waals surface area contributed by atoms with E-state index in [-0.39, 0.29) is 16.9 Å². The predicted octanol–water partition coefficient (Wildman–Crippen LogP) is 3.34. The van der Waals surface area contributed by atoms with Gasteiger partial charge in [-0.1, -0.05) is 36.4 Å². The summed E-state index contributed by atoms with van der Waals surface area (Å²) in [5.41, 5.74) is 0.882. The minimum atomic E-state index is -1.19. The molecule has 0 spiro atoms. The van der Waals surface area contributed by atoms with Crippen molar-refractivity contribution in [3.05, 3.63) is 100 Å². The van der Waals surface area contributed by atoms with Crippen LogP contribution in [-0.2, 0) is 14.4 Å². The van der Waals surface area contributed by atoms with Crippen LogP contribution < -0.4 is 9.96 Å². The monoisotopic (exact) mass is 459 g/mol. The number of carbonyl (C=O) groups is 3. The third-order valence-electron chi connectivity index (χ3n) is 5.95. The molecule has 2 amide bonds. The van der Waals surface area contributed by atoms with Crippen molar-refractivity contribution < 1.29 is 29.3 Å². The lowest BCUT2D eigenvalue weighted by Crippen LogP contribution is -2.37. The van der Waals surface area contributed by atoms with Crippen molar-refractivity contribution in [2.45, 2.75) is 12.1 Å². The van der Waals surface area contributed by atoms with Gasteiger partial charge in [-0.3, -0.25) is 24.5 Å². The molecule has 0 aliphatic carbocycles. The van der Waals surface area contributed by atoms with Gasteiger partial charge in [-0.2, -0.15) is 0 Å². The van der Waals surface area contributed by atoms with Gasteiger partial charge in [0.15, 0.2) is 6.10 Å². The molecule has 2 fully saturated rings. The topological polar surface area (TPSA) is 130 Å². The Morgan fingerprint density at radius 3 is 2.18 bits per heavy atom. The Morgan fingerprint density at radius 2 is 1.53 bits per heavy atom. The third-order valence-corrected chi connectivity index (χ3v) is 5.95. The second-order valence-corrected chi connectivity index (χ2v) is 7.84. The highest BCUT2D eigenvalue weighted by atomic mass is 16.7. The van der Waals surface area contributed by atoms with Crippen LogP contribution in [-0.4, -0.2) is 33.9 Å². The van der Waals surface area contributed by atoms with Gasteiger partial charge in [0.1, 0.15) is 5.92 Å². The summed E-state index contributed by atoms with van der Waals surface area (Å²) in [6.45, 7) is 0. The van der Waals surface area contributed by atoms with E-state index >= 15 is 0 Å². The number of non-ortho nitro benzene ring substituents is 1. The molecule has 5 rings (SSSR count). The number of hydrogen-bond acceptors (Lipinski definition) is 7. The molecule has 3 atom stereocenters. The third kappa shape index (κ3) is 3.28. The van der Waals surface area contributed by atoms with Gasteiger partial charge < -0.3 is 5.11 Å². The molecule has 1 N–H and O–H groups in total. The molecule has 0 bridgehead atoms. The summed E-state index contributed by atoms with van der Waals surface area (Å²) in [6, 6.07) is 19.2. The summed E-state index contributed by atoms with van der Waals surface area (Å²) >= 11 is 0. The standard InChI is InChI=1S/C24H17N3O7/c28-22-19-20(17-8-4-5-9-18(17)24(30)31)26(15-6-2-1-3-7-15)34-21(19)23(29)25(22)14-10-12-16(13-11-14)27(32)33/h1-13,19-21H,(H,30,31). The van der Waals surface area contributed by atoms with Crippen LogP contribution in [0.1, 0.15) is 22.0 Å². The van der Waals surface area contributed by atoms with Crippen LogP contribution >= 0.6 is 0 Å². The van der Waals surface area contributed by atoms with Crippen molar-refractivity contribution in [3.8, 4) is 0 Å². The highest BCUT2D eigenvalue weighted by Crippen LogP contribution is 2.48. The number of fused-ring (bicyclic) bond motifs is 1. The van der Waals surface area contributed by atoms with Crippen LogP contribution in [0.15, 0.2) is 78.9 Å². The summed E-state index contributed by atoms with van der Waals surface area (Å²) in [5, 5.41) is 22.1. The minimum Gasteiger partial charge on any atom is -0.478 e. The first-order valence-corrected chi connectivity index (χ1v) is 10.3. The van der Waals surface area contributed by atoms with Gasteiger partial charge in [0.05, 0.1) is 27.9 Å². The molecular formula is C24H17N3O7. The SMILES string of the molecule is O=C(O)c1ccccc1C1C2C(=O)N(c3ccc([N+](=O)[O-])cc3)C(=O)C2ON1c1ccccc1. The van der Waals surface area contributed by atoms with E-state index in [0.29, 0.717) is 11.3 Å². The molecule has 34 heavy (non-hydrogen) atoms. The van der Waals surface area contributed by atoms with Crippen LogP contribution in [0.2, 0.25) is 0 Å². The molecule has 2 aliphatic heterocycles. The average Bonchev–Trinajstić information content (AvgIpc) is 3.35. The summed E-state index contributed by atoms with van der Waals surface area (Å²) in [5.74, 6) is -3.40. The van der Waals surface area contributed by atoms with Gasteiger partial charge in [0.25, 0.3) is 11.6 Å². The molecule has 170 valence electrons. The summed E-state index contributed by atoms with van der Waals surface area (Å²) < 4.78 is 0. The van der Waals surface area contributed by atoms with Gasteiger partial charge in [0, 0.05) is 12.1 Å². The van der Waals surface area contributed by atoms with Gasteiger partial charge in [-0.25, -0.2) is 14.8 Å². The molecule has 2 saturated heterocycles. The number of carboxylic acids is 1. The van der Waals surface area contributed by atoms with Gasteiger partial charge in [-0.05, 0) is 35.9 Å². The lowest BCUT2D eigenvalue weighted by Gasteiger charge is -2.29. The second-order valence-electron chi connectivity index (χ2n) is 7.84. The Morgan fingerprint density at radius 1 is 0.882 bits per heavy atom. The number of anilines is 2. The smallest absolute Gasteiger partial charge is 0.336 e. The number of nitro benzene ring substituents is 1. The summed E-state index contributed by atoms with van der Waals surface area (Å²) in [4.78, 5) is 56.1. The number of para-hydroxylation sites is 1. The van der Waals surface area contributed by atoms with Crippen LogP contribution in [0.5, 0.6) is 0 Å². The van der Waals surface area contributed by atoms with Gasteiger partial charge >= 0.3 is 5.97 Å². The molecule has 3 aromatic rings. The number of hydrogen-bond donors (Lipinski definition) is 1. The minimum absolute atomic E-state index is 0.00767. The Labute approximate surface area is 192 Å². The number of carbonyl (C=O) groups excluding carboxylic acids is 2. The molecule has 0 saturated carbocycles. The molecular weight excluding hydrogens is 442 g/mol. The number of nitrogens with zero attached hydrogens (tertiary/aromatic N) is 3. The number of amides is 2. The Hall–Kier alpha value is -4.57. The molecule has 3 aromatic carbocycles. The van der Waals surface area contributed by atoms with E-state index in [1.807, 2.05) is 0 Å². The Kier molecular flexibility index (Phi) is 5.06. The lowest BCUT2D eigenvalue weighted by atomic mass is 9.88. The lowest BCUT2D eigenvalue weighted by molar-refractivity contribution is -0.384. The fourth-order valence-corrected chi connectivity index (χ4v) is 4.46. The van der Waals surface area contributed by atoms with Crippen molar-refractivity contribution in [2.24, 2.45) is 5.92 Å². The van der Waals surface area contributed by atoms with Gasteiger partial charge in [-0.15, -0.1) is 0 Å². The highest BCUT2D eigenvalue weighted by molar-refractivity contribution is 6.24. The molecule has 2 heterocycles. The maximum absolute atomic E-state index is 13.6. The first kappa shape index (κ1) is 21.3. The zero-order chi connectivity index (χ0) is 24.0. The van der Waals surface area contributed by atoms with E-state index in [1.165, 1.54) is 35.4 Å². The van der Waals surface area contributed by atoms with E-state index < -0.39 is 40.8 Å². The maximum Gasteiger partial charge on any atom is 0.336 e. The first-order valence-electron chi connectivity index (χ1n) is 10.3.